The molecule has 0 aromatic heterocycles. The number of anilines is 1. The van der Waals surface area contributed by atoms with Gasteiger partial charge in [0.05, 0.1) is 12.7 Å². The summed E-state index contributed by atoms with van der Waals surface area (Å²) in [6.45, 7) is 7.34. The predicted octanol–water partition coefficient (Wildman–Crippen LogP) is 3.40. The second-order valence-electron chi connectivity index (χ2n) is 6.34. The molecule has 1 atom stereocenters. The second kappa shape index (κ2) is 8.17. The van der Waals surface area contributed by atoms with E-state index in [-0.39, 0.29) is 12.0 Å². The minimum absolute atomic E-state index is 0.0359. The van der Waals surface area contributed by atoms with E-state index in [0.717, 1.165) is 25.2 Å². The van der Waals surface area contributed by atoms with E-state index in [4.69, 9.17) is 4.74 Å². The Morgan fingerprint density at radius 3 is 2.44 bits per heavy atom. The van der Waals surface area contributed by atoms with Crippen LogP contribution in [0.5, 0.6) is 0 Å². The van der Waals surface area contributed by atoms with Crippen molar-refractivity contribution < 1.29 is 9.53 Å². The quantitative estimate of drug-likeness (QED) is 0.878. The largest absolute Gasteiger partial charge is 0.372 e. The Morgan fingerprint density at radius 2 is 1.76 bits per heavy atom. The molecule has 1 aliphatic rings. The van der Waals surface area contributed by atoms with Crippen LogP contribution in [0.25, 0.3) is 0 Å². The van der Waals surface area contributed by atoms with Crippen LogP contribution in [0.1, 0.15) is 35.3 Å². The molecule has 2 aromatic rings. The van der Waals surface area contributed by atoms with Gasteiger partial charge in [-0.15, -0.1) is 0 Å². The van der Waals surface area contributed by atoms with Gasteiger partial charge in [-0.2, -0.15) is 0 Å². The first-order valence-corrected chi connectivity index (χ1v) is 9.02. The van der Waals surface area contributed by atoms with Crippen molar-refractivity contribution in [2.75, 3.05) is 24.5 Å². The first-order valence-electron chi connectivity index (χ1n) is 9.02. The minimum Gasteiger partial charge on any atom is -0.372 e. The van der Waals surface area contributed by atoms with Crippen LogP contribution in [0.2, 0.25) is 0 Å². The number of ether oxygens (including phenoxy) is 1. The Balaban J connectivity index is 1.55. The monoisotopic (exact) mass is 338 g/mol. The van der Waals surface area contributed by atoms with Crippen molar-refractivity contribution in [1.29, 1.82) is 0 Å². The summed E-state index contributed by atoms with van der Waals surface area (Å²) in [5.41, 5.74) is 4.40. The molecule has 0 saturated carbocycles. The smallest absolute Gasteiger partial charge is 0.251 e. The lowest BCUT2D eigenvalue weighted by atomic mass is 9.99. The first kappa shape index (κ1) is 17.5. The molecule has 3 rings (SSSR count). The van der Waals surface area contributed by atoms with Crippen molar-refractivity contribution in [3.05, 3.63) is 65.2 Å². The summed E-state index contributed by atoms with van der Waals surface area (Å²) in [6, 6.07) is 16.1. The van der Waals surface area contributed by atoms with Crippen molar-refractivity contribution in [3.8, 4) is 0 Å². The van der Waals surface area contributed by atoms with E-state index < -0.39 is 0 Å². The van der Waals surface area contributed by atoms with Gasteiger partial charge in [-0.25, -0.2) is 0 Å². The van der Waals surface area contributed by atoms with E-state index >= 15 is 0 Å². The fourth-order valence-electron chi connectivity index (χ4n) is 3.26. The summed E-state index contributed by atoms with van der Waals surface area (Å²) >= 11 is 0. The summed E-state index contributed by atoms with van der Waals surface area (Å²) < 4.78 is 5.85. The van der Waals surface area contributed by atoms with Crippen LogP contribution in [-0.4, -0.2) is 31.6 Å². The van der Waals surface area contributed by atoms with Gasteiger partial charge in [-0.3, -0.25) is 4.79 Å². The van der Waals surface area contributed by atoms with Crippen molar-refractivity contribution in [3.63, 3.8) is 0 Å². The Bertz CT molecular complexity index is 708. The molecule has 1 heterocycles. The Hall–Kier alpha value is -2.33. The Kier molecular flexibility index (Phi) is 5.71. The zero-order valence-corrected chi connectivity index (χ0v) is 15.0. The number of hydrogen-bond acceptors (Lipinski definition) is 3. The minimum atomic E-state index is -0.0476. The van der Waals surface area contributed by atoms with E-state index in [0.29, 0.717) is 18.7 Å². The number of carbonyl (C=O) groups is 1. The number of rotatable bonds is 6. The summed E-state index contributed by atoms with van der Waals surface area (Å²) in [7, 11) is 0. The van der Waals surface area contributed by atoms with Crippen molar-refractivity contribution in [1.82, 2.24) is 5.32 Å². The van der Waals surface area contributed by atoms with Gasteiger partial charge in [0, 0.05) is 37.3 Å². The molecule has 4 nitrogen and oxygen atoms in total. The molecular formula is C21H26N2O2. The first-order chi connectivity index (χ1) is 12.2. The zero-order chi connectivity index (χ0) is 17.6. The number of nitrogens with one attached hydrogen (secondary N) is 1. The van der Waals surface area contributed by atoms with Crippen molar-refractivity contribution >= 4 is 11.6 Å². The highest BCUT2D eigenvalue weighted by Gasteiger charge is 2.19. The molecular weight excluding hydrogens is 312 g/mol. The summed E-state index contributed by atoms with van der Waals surface area (Å²) in [5.74, 6) is -0.0476. The second-order valence-corrected chi connectivity index (χ2v) is 6.34. The zero-order valence-electron chi connectivity index (χ0n) is 15.0. The van der Waals surface area contributed by atoms with Gasteiger partial charge in [-0.1, -0.05) is 24.3 Å². The van der Waals surface area contributed by atoms with E-state index in [1.165, 1.54) is 11.1 Å². The standard InChI is InChI=1S/C21H26N2O2/c1-3-23(4-2)19-11-9-16(10-12-19)21(24)22-14-20-13-17-7-5-6-8-18(17)15-25-20/h5-12,20H,3-4,13-15H2,1-2H3,(H,22,24). The summed E-state index contributed by atoms with van der Waals surface area (Å²) in [6.07, 6.45) is 0.881. The van der Waals surface area contributed by atoms with Crippen LogP contribution in [0, 0.1) is 0 Å². The maximum atomic E-state index is 12.4. The van der Waals surface area contributed by atoms with Gasteiger partial charge in [0.25, 0.3) is 5.91 Å². The molecule has 0 fully saturated rings. The molecule has 1 aliphatic heterocycles. The van der Waals surface area contributed by atoms with Crippen LogP contribution in [0.4, 0.5) is 5.69 Å². The van der Waals surface area contributed by atoms with Crippen molar-refractivity contribution in [2.24, 2.45) is 0 Å². The molecule has 0 bridgehead atoms. The number of benzene rings is 2. The molecule has 1 amide bonds. The number of fused-ring (bicyclic) bond motifs is 1. The number of amides is 1. The maximum absolute atomic E-state index is 12.4. The SMILES string of the molecule is CCN(CC)c1ccc(C(=O)NCC2Cc3ccccc3CO2)cc1. The van der Waals surface area contributed by atoms with E-state index in [1.807, 2.05) is 30.3 Å². The lowest BCUT2D eigenvalue weighted by molar-refractivity contribution is 0.0285. The van der Waals surface area contributed by atoms with Crippen LogP contribution in [0.3, 0.4) is 0 Å². The van der Waals surface area contributed by atoms with Crippen LogP contribution >= 0.6 is 0 Å². The Morgan fingerprint density at radius 1 is 1.08 bits per heavy atom. The average molecular weight is 338 g/mol. The number of hydrogen-bond donors (Lipinski definition) is 1. The fourth-order valence-corrected chi connectivity index (χ4v) is 3.26. The van der Waals surface area contributed by atoms with Crippen LogP contribution in [-0.2, 0) is 17.8 Å². The van der Waals surface area contributed by atoms with E-state index in [9.17, 15) is 4.79 Å². The lowest BCUT2D eigenvalue weighted by Gasteiger charge is -2.25. The van der Waals surface area contributed by atoms with Gasteiger partial charge in [0.1, 0.15) is 0 Å². The molecule has 0 radical (unpaired) electrons. The van der Waals surface area contributed by atoms with E-state index in [1.54, 1.807) is 0 Å². The molecule has 132 valence electrons. The molecule has 1 N–H and O–H groups in total. The molecule has 2 aromatic carbocycles. The number of nitrogens with zero attached hydrogens (tertiary/aromatic N) is 1. The fraction of sp³-hybridized carbons (Fsp3) is 0.381. The topological polar surface area (TPSA) is 41.6 Å². The summed E-state index contributed by atoms with van der Waals surface area (Å²) in [5, 5.41) is 3.00. The third-order valence-corrected chi connectivity index (χ3v) is 4.79. The summed E-state index contributed by atoms with van der Waals surface area (Å²) in [4.78, 5) is 14.6. The van der Waals surface area contributed by atoms with Gasteiger partial charge in [-0.05, 0) is 49.2 Å². The molecule has 0 saturated heterocycles. The van der Waals surface area contributed by atoms with Gasteiger partial charge >= 0.3 is 0 Å². The average Bonchev–Trinajstić information content (AvgIpc) is 2.67. The highest BCUT2D eigenvalue weighted by Crippen LogP contribution is 2.20. The van der Waals surface area contributed by atoms with Gasteiger partial charge in [0.2, 0.25) is 0 Å². The molecule has 25 heavy (non-hydrogen) atoms. The molecule has 0 spiro atoms. The lowest BCUT2D eigenvalue weighted by Crippen LogP contribution is -2.36. The van der Waals surface area contributed by atoms with E-state index in [2.05, 4.69) is 42.3 Å². The maximum Gasteiger partial charge on any atom is 0.251 e. The van der Waals surface area contributed by atoms with Crippen molar-refractivity contribution in [2.45, 2.75) is 33.0 Å². The highest BCUT2D eigenvalue weighted by molar-refractivity contribution is 5.94. The molecule has 0 aliphatic carbocycles. The van der Waals surface area contributed by atoms with Gasteiger partial charge < -0.3 is 15.0 Å². The normalized spacial score (nSPS) is 16.2. The third-order valence-electron chi connectivity index (χ3n) is 4.79. The van der Waals surface area contributed by atoms with Gasteiger partial charge in [0.15, 0.2) is 0 Å². The third kappa shape index (κ3) is 4.20. The number of carbonyl (C=O) groups excluding carboxylic acids is 1. The molecule has 1 unspecified atom stereocenters. The van der Waals surface area contributed by atoms with Crippen LogP contribution in [0.15, 0.2) is 48.5 Å². The predicted molar refractivity (Wildman–Crippen MR) is 101 cm³/mol. The van der Waals surface area contributed by atoms with Crippen LogP contribution < -0.4 is 10.2 Å². The highest BCUT2D eigenvalue weighted by atomic mass is 16.5. The Labute approximate surface area is 149 Å². The molecule has 4 heteroatoms.